The zero-order valence-corrected chi connectivity index (χ0v) is 9.95. The SMILES string of the molecule is CC(O)(c1ccc(CN)cc1)C1CCCC1. The lowest BCUT2D eigenvalue weighted by Crippen LogP contribution is -2.30. The van der Waals surface area contributed by atoms with E-state index in [9.17, 15) is 5.11 Å². The van der Waals surface area contributed by atoms with Crippen LogP contribution in [0.2, 0.25) is 0 Å². The number of hydrogen-bond acceptors (Lipinski definition) is 2. The largest absolute Gasteiger partial charge is 0.385 e. The van der Waals surface area contributed by atoms with Gasteiger partial charge in [0.1, 0.15) is 0 Å². The lowest BCUT2D eigenvalue weighted by molar-refractivity contribution is -0.00333. The molecule has 1 atom stereocenters. The fourth-order valence-electron chi connectivity index (χ4n) is 2.70. The van der Waals surface area contributed by atoms with Crippen molar-refractivity contribution in [3.8, 4) is 0 Å². The molecule has 16 heavy (non-hydrogen) atoms. The Morgan fingerprint density at radius 3 is 2.31 bits per heavy atom. The van der Waals surface area contributed by atoms with Crippen LogP contribution >= 0.6 is 0 Å². The summed E-state index contributed by atoms with van der Waals surface area (Å²) in [6, 6.07) is 8.05. The third-order valence-corrected chi connectivity index (χ3v) is 3.92. The molecule has 0 aliphatic heterocycles. The maximum absolute atomic E-state index is 10.6. The zero-order valence-electron chi connectivity index (χ0n) is 9.95. The molecule has 1 aliphatic carbocycles. The van der Waals surface area contributed by atoms with Crippen molar-refractivity contribution in [2.45, 2.75) is 44.8 Å². The van der Waals surface area contributed by atoms with E-state index in [0.717, 1.165) is 24.0 Å². The van der Waals surface area contributed by atoms with Crippen LogP contribution in [0.25, 0.3) is 0 Å². The molecular formula is C14H21NO. The van der Waals surface area contributed by atoms with Crippen LogP contribution in [-0.4, -0.2) is 5.11 Å². The molecule has 1 aliphatic rings. The van der Waals surface area contributed by atoms with Gasteiger partial charge in [-0.3, -0.25) is 0 Å². The Morgan fingerprint density at radius 2 is 1.81 bits per heavy atom. The summed E-state index contributed by atoms with van der Waals surface area (Å²) in [5, 5.41) is 10.6. The Balaban J connectivity index is 2.20. The van der Waals surface area contributed by atoms with Crippen molar-refractivity contribution in [3.05, 3.63) is 35.4 Å². The van der Waals surface area contributed by atoms with Gasteiger partial charge in [0.05, 0.1) is 5.60 Å². The Hall–Kier alpha value is -0.860. The summed E-state index contributed by atoms with van der Waals surface area (Å²) < 4.78 is 0. The fraction of sp³-hybridized carbons (Fsp3) is 0.571. The van der Waals surface area contributed by atoms with Gasteiger partial charge in [-0.05, 0) is 36.8 Å². The van der Waals surface area contributed by atoms with Gasteiger partial charge in [-0.15, -0.1) is 0 Å². The van der Waals surface area contributed by atoms with Crippen LogP contribution in [0.3, 0.4) is 0 Å². The standard InChI is InChI=1S/C14H21NO/c1-14(16,12-4-2-3-5-12)13-8-6-11(10-15)7-9-13/h6-9,12,16H,2-5,10,15H2,1H3. The zero-order chi connectivity index (χ0) is 11.6. The van der Waals surface area contributed by atoms with Gasteiger partial charge in [0.15, 0.2) is 0 Å². The second kappa shape index (κ2) is 4.56. The summed E-state index contributed by atoms with van der Waals surface area (Å²) >= 11 is 0. The first-order valence-corrected chi connectivity index (χ1v) is 6.16. The minimum atomic E-state index is -0.677. The van der Waals surface area contributed by atoms with Crippen molar-refractivity contribution in [1.29, 1.82) is 0 Å². The smallest absolute Gasteiger partial charge is 0.0896 e. The van der Waals surface area contributed by atoms with Crippen LogP contribution in [0.15, 0.2) is 24.3 Å². The molecule has 2 rings (SSSR count). The van der Waals surface area contributed by atoms with Crippen molar-refractivity contribution in [3.63, 3.8) is 0 Å². The molecule has 1 fully saturated rings. The average Bonchev–Trinajstić information content (AvgIpc) is 2.83. The molecule has 88 valence electrons. The Labute approximate surface area is 97.5 Å². The predicted molar refractivity (Wildman–Crippen MR) is 65.9 cm³/mol. The van der Waals surface area contributed by atoms with E-state index < -0.39 is 5.60 Å². The third-order valence-electron chi connectivity index (χ3n) is 3.92. The molecule has 1 aromatic rings. The van der Waals surface area contributed by atoms with Gasteiger partial charge in [0, 0.05) is 6.54 Å². The summed E-state index contributed by atoms with van der Waals surface area (Å²) in [7, 11) is 0. The van der Waals surface area contributed by atoms with Gasteiger partial charge < -0.3 is 10.8 Å². The van der Waals surface area contributed by atoms with Crippen LogP contribution in [0.5, 0.6) is 0 Å². The minimum absolute atomic E-state index is 0.413. The fourth-order valence-corrected chi connectivity index (χ4v) is 2.70. The first kappa shape index (κ1) is 11.6. The van der Waals surface area contributed by atoms with E-state index in [4.69, 9.17) is 5.73 Å². The normalized spacial score (nSPS) is 20.9. The number of aliphatic hydroxyl groups is 1. The van der Waals surface area contributed by atoms with E-state index in [1.807, 2.05) is 31.2 Å². The maximum atomic E-state index is 10.6. The van der Waals surface area contributed by atoms with Crippen molar-refractivity contribution in [2.75, 3.05) is 0 Å². The van der Waals surface area contributed by atoms with Crippen molar-refractivity contribution >= 4 is 0 Å². The molecule has 3 N–H and O–H groups in total. The highest BCUT2D eigenvalue weighted by molar-refractivity contribution is 5.27. The monoisotopic (exact) mass is 219 g/mol. The molecule has 0 saturated heterocycles. The Morgan fingerprint density at radius 1 is 1.25 bits per heavy atom. The second-order valence-electron chi connectivity index (χ2n) is 5.03. The first-order valence-electron chi connectivity index (χ1n) is 6.16. The summed E-state index contributed by atoms with van der Waals surface area (Å²) in [6.45, 7) is 2.51. The topological polar surface area (TPSA) is 46.2 Å². The van der Waals surface area contributed by atoms with E-state index in [1.54, 1.807) is 0 Å². The van der Waals surface area contributed by atoms with E-state index in [2.05, 4.69) is 0 Å². The van der Waals surface area contributed by atoms with E-state index in [-0.39, 0.29) is 0 Å². The van der Waals surface area contributed by atoms with E-state index >= 15 is 0 Å². The molecule has 1 aromatic carbocycles. The van der Waals surface area contributed by atoms with Gasteiger partial charge in [-0.2, -0.15) is 0 Å². The number of benzene rings is 1. The molecule has 0 amide bonds. The molecule has 2 nitrogen and oxygen atoms in total. The van der Waals surface area contributed by atoms with Crippen molar-refractivity contribution < 1.29 is 5.11 Å². The van der Waals surface area contributed by atoms with Gasteiger partial charge in [0.25, 0.3) is 0 Å². The first-order chi connectivity index (χ1) is 7.64. The van der Waals surface area contributed by atoms with Gasteiger partial charge in [0.2, 0.25) is 0 Å². The third kappa shape index (κ3) is 2.13. The highest BCUT2D eigenvalue weighted by Crippen LogP contribution is 2.40. The Bertz CT molecular complexity index is 336. The van der Waals surface area contributed by atoms with Crippen LogP contribution in [0, 0.1) is 5.92 Å². The molecule has 0 spiro atoms. The molecule has 1 saturated carbocycles. The molecule has 2 heteroatoms. The highest BCUT2D eigenvalue weighted by atomic mass is 16.3. The summed E-state index contributed by atoms with van der Waals surface area (Å²) in [5.41, 5.74) is 7.03. The van der Waals surface area contributed by atoms with Gasteiger partial charge in [-0.1, -0.05) is 37.1 Å². The van der Waals surface area contributed by atoms with E-state index in [0.29, 0.717) is 12.5 Å². The number of hydrogen-bond donors (Lipinski definition) is 2. The molecule has 1 unspecified atom stereocenters. The minimum Gasteiger partial charge on any atom is -0.385 e. The van der Waals surface area contributed by atoms with Crippen LogP contribution in [-0.2, 0) is 12.1 Å². The average molecular weight is 219 g/mol. The summed E-state index contributed by atoms with van der Waals surface area (Å²) in [4.78, 5) is 0. The molecule has 0 bridgehead atoms. The second-order valence-corrected chi connectivity index (χ2v) is 5.03. The van der Waals surface area contributed by atoms with Crippen LogP contribution < -0.4 is 5.73 Å². The molecular weight excluding hydrogens is 198 g/mol. The van der Waals surface area contributed by atoms with Crippen molar-refractivity contribution in [2.24, 2.45) is 11.7 Å². The van der Waals surface area contributed by atoms with Crippen LogP contribution in [0.1, 0.15) is 43.7 Å². The van der Waals surface area contributed by atoms with Gasteiger partial charge >= 0.3 is 0 Å². The lowest BCUT2D eigenvalue weighted by atomic mass is 9.81. The predicted octanol–water partition coefficient (Wildman–Crippen LogP) is 2.54. The molecule has 0 aromatic heterocycles. The number of nitrogens with two attached hydrogens (primary N) is 1. The molecule has 0 heterocycles. The maximum Gasteiger partial charge on any atom is 0.0896 e. The quantitative estimate of drug-likeness (QED) is 0.820. The lowest BCUT2D eigenvalue weighted by Gasteiger charge is -2.30. The Kier molecular flexibility index (Phi) is 3.31. The van der Waals surface area contributed by atoms with Gasteiger partial charge in [-0.25, -0.2) is 0 Å². The summed E-state index contributed by atoms with van der Waals surface area (Å²) in [6.07, 6.45) is 4.79. The molecule has 0 radical (unpaired) electrons. The highest BCUT2D eigenvalue weighted by Gasteiger charge is 2.35. The van der Waals surface area contributed by atoms with Crippen LogP contribution in [0.4, 0.5) is 0 Å². The summed E-state index contributed by atoms with van der Waals surface area (Å²) in [5.74, 6) is 0.413. The van der Waals surface area contributed by atoms with E-state index in [1.165, 1.54) is 12.8 Å². The van der Waals surface area contributed by atoms with Crippen molar-refractivity contribution in [1.82, 2.24) is 0 Å². The number of rotatable bonds is 3.